The van der Waals surface area contributed by atoms with Gasteiger partial charge < -0.3 is 15.1 Å². The minimum atomic E-state index is -1.13. The second kappa shape index (κ2) is 5.35. The van der Waals surface area contributed by atoms with E-state index in [1.807, 2.05) is 31.2 Å². The van der Waals surface area contributed by atoms with Gasteiger partial charge in [-0.2, -0.15) is 0 Å². The highest BCUT2D eigenvalue weighted by Gasteiger charge is 2.56. The predicted molar refractivity (Wildman–Crippen MR) is 85.3 cm³/mol. The van der Waals surface area contributed by atoms with E-state index in [0.29, 0.717) is 17.6 Å². The molecule has 2 aliphatic heterocycles. The quantitative estimate of drug-likeness (QED) is 0.833. The topological polar surface area (TPSA) is 77.8 Å². The number of rotatable bonds is 4. The number of allylic oxidation sites excluding steroid dienone is 1. The molecule has 1 amide bonds. The summed E-state index contributed by atoms with van der Waals surface area (Å²) in [4.78, 5) is 25.1. The Hall–Kier alpha value is -2.40. The minimum absolute atomic E-state index is 0.00229. The van der Waals surface area contributed by atoms with Gasteiger partial charge in [0.05, 0.1) is 18.1 Å². The maximum Gasteiger partial charge on any atom is 0.352 e. The molecule has 23 heavy (non-hydrogen) atoms. The number of nitrogens with zero attached hydrogens (tertiary/aromatic N) is 1. The van der Waals surface area contributed by atoms with Crippen molar-refractivity contribution in [3.8, 4) is 0 Å². The number of amides is 1. The van der Waals surface area contributed by atoms with Crippen molar-refractivity contribution in [2.24, 2.45) is 5.92 Å². The number of carbonyl (C=O) groups excluding carboxylic acids is 1. The van der Waals surface area contributed by atoms with Gasteiger partial charge in [0.25, 0.3) is 0 Å². The van der Waals surface area contributed by atoms with Crippen LogP contribution in [0.2, 0.25) is 0 Å². The van der Waals surface area contributed by atoms with Gasteiger partial charge in [-0.15, -0.1) is 0 Å². The minimum Gasteiger partial charge on any atom is -0.477 e. The fourth-order valence-corrected chi connectivity index (χ4v) is 3.47. The number of carboxylic acid groups (broad SMARTS) is 1. The number of fused-ring (bicyclic) bond motifs is 1. The summed E-state index contributed by atoms with van der Waals surface area (Å²) in [6.07, 6.45) is -0.374. The summed E-state index contributed by atoms with van der Waals surface area (Å²) in [5.41, 5.74) is 3.14. The first-order valence-corrected chi connectivity index (χ1v) is 7.56. The van der Waals surface area contributed by atoms with Crippen LogP contribution < -0.4 is 0 Å². The first-order valence-electron chi connectivity index (χ1n) is 7.56. The van der Waals surface area contributed by atoms with Crippen molar-refractivity contribution in [1.29, 1.82) is 0 Å². The fraction of sp³-hybridized carbons (Fsp3) is 0.333. The van der Waals surface area contributed by atoms with Gasteiger partial charge in [0, 0.05) is 0 Å². The summed E-state index contributed by atoms with van der Waals surface area (Å²) >= 11 is 0. The monoisotopic (exact) mass is 313 g/mol. The maximum atomic E-state index is 12.2. The molecule has 0 spiro atoms. The summed E-state index contributed by atoms with van der Waals surface area (Å²) in [7, 11) is 0. The molecule has 0 aromatic heterocycles. The average molecular weight is 313 g/mol. The molecule has 1 aromatic rings. The first kappa shape index (κ1) is 15.5. The molecule has 5 nitrogen and oxygen atoms in total. The molecule has 0 saturated carbocycles. The molecular formula is C18H19NO4. The van der Waals surface area contributed by atoms with Gasteiger partial charge in [-0.05, 0) is 37.0 Å². The van der Waals surface area contributed by atoms with Crippen LogP contribution >= 0.6 is 0 Å². The lowest BCUT2D eigenvalue weighted by Crippen LogP contribution is -2.61. The number of aliphatic hydroxyl groups is 1. The normalized spacial score (nSPS) is 24.3. The second-order valence-electron chi connectivity index (χ2n) is 6.22. The molecule has 5 heteroatoms. The lowest BCUT2D eigenvalue weighted by Gasteiger charge is -2.44. The number of aliphatic carboxylic acids is 1. The molecule has 0 radical (unpaired) electrons. The number of carboxylic acids is 1. The highest BCUT2D eigenvalue weighted by Crippen LogP contribution is 2.47. The summed E-state index contributed by atoms with van der Waals surface area (Å²) < 4.78 is 0. The third-order valence-corrected chi connectivity index (χ3v) is 4.70. The van der Waals surface area contributed by atoms with E-state index in [4.69, 9.17) is 0 Å². The summed E-state index contributed by atoms with van der Waals surface area (Å²) in [5.74, 6) is -1.99. The standard InChI is InChI=1S/C18H19NO4/c1-9-4-6-12(7-5-9)10(2)13-8-14-15(11(3)20)17(21)19(14)16(13)18(22)23/h4-7,11,14-15,20H,2,8H2,1,3H3,(H,22,23)/t11-,14-,15-/m1/s1. The molecule has 2 aliphatic rings. The summed E-state index contributed by atoms with van der Waals surface area (Å²) in [5, 5.41) is 19.3. The van der Waals surface area contributed by atoms with Crippen molar-refractivity contribution < 1.29 is 19.8 Å². The van der Waals surface area contributed by atoms with Crippen molar-refractivity contribution in [1.82, 2.24) is 4.90 Å². The summed E-state index contributed by atoms with van der Waals surface area (Å²) in [6, 6.07) is 7.39. The molecule has 2 heterocycles. The Labute approximate surface area is 134 Å². The van der Waals surface area contributed by atoms with E-state index in [1.165, 1.54) is 4.90 Å². The molecular weight excluding hydrogens is 294 g/mol. The zero-order valence-corrected chi connectivity index (χ0v) is 13.1. The highest BCUT2D eigenvalue weighted by atomic mass is 16.4. The van der Waals surface area contributed by atoms with Crippen LogP contribution in [-0.2, 0) is 9.59 Å². The third-order valence-electron chi connectivity index (χ3n) is 4.70. The lowest BCUT2D eigenvalue weighted by atomic mass is 9.82. The Morgan fingerprint density at radius 2 is 1.96 bits per heavy atom. The Morgan fingerprint density at radius 3 is 2.48 bits per heavy atom. The van der Waals surface area contributed by atoms with E-state index in [2.05, 4.69) is 6.58 Å². The van der Waals surface area contributed by atoms with Gasteiger partial charge in [-0.3, -0.25) is 4.79 Å². The van der Waals surface area contributed by atoms with Gasteiger partial charge >= 0.3 is 5.97 Å². The summed E-state index contributed by atoms with van der Waals surface area (Å²) in [6.45, 7) is 7.58. The number of carbonyl (C=O) groups is 2. The number of aryl methyl sites for hydroxylation is 1. The zero-order valence-electron chi connectivity index (χ0n) is 13.1. The van der Waals surface area contributed by atoms with Crippen LogP contribution in [0, 0.1) is 12.8 Å². The van der Waals surface area contributed by atoms with E-state index in [9.17, 15) is 19.8 Å². The van der Waals surface area contributed by atoms with Crippen LogP contribution in [0.5, 0.6) is 0 Å². The van der Waals surface area contributed by atoms with E-state index in [-0.39, 0.29) is 17.6 Å². The van der Waals surface area contributed by atoms with E-state index in [1.54, 1.807) is 6.92 Å². The molecule has 3 atom stereocenters. The Bertz CT molecular complexity index is 730. The van der Waals surface area contributed by atoms with Crippen LogP contribution in [0.3, 0.4) is 0 Å². The van der Waals surface area contributed by atoms with Crippen molar-refractivity contribution in [3.63, 3.8) is 0 Å². The largest absolute Gasteiger partial charge is 0.477 e. The lowest BCUT2D eigenvalue weighted by molar-refractivity contribution is -0.161. The second-order valence-corrected chi connectivity index (χ2v) is 6.22. The molecule has 3 rings (SSSR count). The molecule has 1 saturated heterocycles. The predicted octanol–water partition coefficient (Wildman–Crippen LogP) is 1.96. The van der Waals surface area contributed by atoms with Gasteiger partial charge in [-0.25, -0.2) is 4.79 Å². The Balaban J connectivity index is 1.98. The van der Waals surface area contributed by atoms with Gasteiger partial charge in [0.1, 0.15) is 5.70 Å². The van der Waals surface area contributed by atoms with E-state index in [0.717, 1.165) is 11.1 Å². The van der Waals surface area contributed by atoms with Crippen LogP contribution in [0.15, 0.2) is 42.1 Å². The van der Waals surface area contributed by atoms with Crippen LogP contribution in [0.1, 0.15) is 24.5 Å². The van der Waals surface area contributed by atoms with Crippen LogP contribution in [0.4, 0.5) is 0 Å². The van der Waals surface area contributed by atoms with Crippen LogP contribution in [-0.4, -0.2) is 39.1 Å². The third kappa shape index (κ3) is 2.28. The van der Waals surface area contributed by atoms with Crippen molar-refractivity contribution in [3.05, 3.63) is 53.2 Å². The Kier molecular flexibility index (Phi) is 3.60. The molecule has 1 fully saturated rings. The van der Waals surface area contributed by atoms with E-state index >= 15 is 0 Å². The first-order chi connectivity index (χ1) is 10.8. The number of β-lactam (4-membered cyclic amide) rings is 1. The van der Waals surface area contributed by atoms with Gasteiger partial charge in [-0.1, -0.05) is 36.4 Å². The average Bonchev–Trinajstić information content (AvgIpc) is 2.82. The fourth-order valence-electron chi connectivity index (χ4n) is 3.47. The van der Waals surface area contributed by atoms with Crippen molar-refractivity contribution in [2.75, 3.05) is 0 Å². The van der Waals surface area contributed by atoms with Crippen molar-refractivity contribution in [2.45, 2.75) is 32.4 Å². The number of benzene rings is 1. The number of hydrogen-bond acceptors (Lipinski definition) is 3. The molecule has 0 aliphatic carbocycles. The zero-order chi connectivity index (χ0) is 16.9. The highest BCUT2D eigenvalue weighted by molar-refractivity contribution is 6.03. The number of aliphatic hydroxyl groups excluding tert-OH is 1. The smallest absolute Gasteiger partial charge is 0.352 e. The maximum absolute atomic E-state index is 12.2. The van der Waals surface area contributed by atoms with E-state index < -0.39 is 18.0 Å². The van der Waals surface area contributed by atoms with Crippen molar-refractivity contribution >= 4 is 17.4 Å². The molecule has 0 unspecified atom stereocenters. The number of hydrogen-bond donors (Lipinski definition) is 2. The molecule has 120 valence electrons. The molecule has 1 aromatic carbocycles. The molecule has 2 N–H and O–H groups in total. The Morgan fingerprint density at radius 1 is 1.35 bits per heavy atom. The van der Waals surface area contributed by atoms with Gasteiger partial charge in [0.15, 0.2) is 0 Å². The van der Waals surface area contributed by atoms with Gasteiger partial charge in [0.2, 0.25) is 5.91 Å². The SMILES string of the molecule is C=C(C1=C(C(=O)O)N2C(=O)[C@H]([C@@H](C)O)[C@H]2C1)c1ccc(C)cc1. The molecule has 0 bridgehead atoms. The van der Waals surface area contributed by atoms with Crippen LogP contribution in [0.25, 0.3) is 5.57 Å².